The van der Waals surface area contributed by atoms with Crippen LogP contribution in [0.1, 0.15) is 13.8 Å². The predicted molar refractivity (Wildman–Crippen MR) is 26.1 cm³/mol. The normalized spacial score (nSPS) is 5.38. The molecule has 0 heterocycles. The van der Waals surface area contributed by atoms with E-state index in [0.717, 1.165) is 6.92 Å². The summed E-state index contributed by atoms with van der Waals surface area (Å²) in [6, 6.07) is 0. The van der Waals surface area contributed by atoms with E-state index in [4.69, 9.17) is 15.0 Å². The zero-order valence-electron chi connectivity index (χ0n) is 4.89. The number of hydrogen-bond acceptors (Lipinski definition) is 2. The number of aliphatic hydroxyl groups is 1. The van der Waals surface area contributed by atoms with Crippen molar-refractivity contribution in [1.29, 1.82) is 0 Å². The molecule has 0 aromatic carbocycles. The molecule has 8 heavy (non-hydrogen) atoms. The van der Waals surface area contributed by atoms with Crippen LogP contribution in [0, 0.1) is 0 Å². The predicted octanol–water partition coefficient (Wildman–Crippen LogP) is 0.0870. The van der Waals surface area contributed by atoms with E-state index in [1.165, 1.54) is 0 Å². The van der Waals surface area contributed by atoms with Crippen molar-refractivity contribution in [2.24, 2.45) is 0 Å². The Morgan fingerprint density at radius 3 is 1.62 bits per heavy atom. The number of aliphatic carboxylic acids is 1. The molecule has 0 aliphatic carbocycles. The molecule has 0 unspecified atom stereocenters. The molecule has 0 aliphatic heterocycles. The number of carbonyl (C=O) groups is 1. The molecule has 4 heteroatoms. The van der Waals surface area contributed by atoms with Crippen molar-refractivity contribution in [3.05, 3.63) is 0 Å². The van der Waals surface area contributed by atoms with Crippen LogP contribution in [-0.4, -0.2) is 22.8 Å². The summed E-state index contributed by atoms with van der Waals surface area (Å²) in [6.45, 7) is 3.01. The van der Waals surface area contributed by atoms with Gasteiger partial charge in [0.05, 0.1) is 0 Å². The van der Waals surface area contributed by atoms with Gasteiger partial charge >= 0.3 is 0 Å². The first kappa shape index (κ1) is 15.7. The summed E-state index contributed by atoms with van der Waals surface area (Å²) in [4.78, 5) is 9.00. The fourth-order valence-electron chi connectivity index (χ4n) is 0. The van der Waals surface area contributed by atoms with Gasteiger partial charge in [-0.05, 0) is 6.92 Å². The molecule has 0 bridgehead atoms. The monoisotopic (exact) mass is 161 g/mol. The van der Waals surface area contributed by atoms with Gasteiger partial charge in [-0.3, -0.25) is 4.79 Å². The first-order valence-corrected chi connectivity index (χ1v) is 1.95. The van der Waals surface area contributed by atoms with Crippen molar-refractivity contribution in [3.63, 3.8) is 0 Å². The Labute approximate surface area is 59.2 Å². The van der Waals surface area contributed by atoms with Crippen molar-refractivity contribution in [1.82, 2.24) is 0 Å². The topological polar surface area (TPSA) is 57.5 Å². The van der Waals surface area contributed by atoms with E-state index in [2.05, 4.69) is 0 Å². The van der Waals surface area contributed by atoms with Gasteiger partial charge in [-0.15, -0.1) is 0 Å². The molecule has 0 aromatic rings. The molecule has 51 valence electrons. The van der Waals surface area contributed by atoms with Gasteiger partial charge in [-0.1, -0.05) is 0 Å². The number of hydrogen-bond donors (Lipinski definition) is 2. The Morgan fingerprint density at radius 1 is 1.62 bits per heavy atom. The molecule has 0 rings (SSSR count). The summed E-state index contributed by atoms with van der Waals surface area (Å²) in [5.74, 6) is -0.833. The van der Waals surface area contributed by atoms with Gasteiger partial charge in [0.15, 0.2) is 0 Å². The van der Waals surface area contributed by atoms with E-state index in [9.17, 15) is 0 Å². The Kier molecular flexibility index (Phi) is 30.9. The first-order chi connectivity index (χ1) is 3.15. The molecular weight excluding hydrogens is 151 g/mol. The summed E-state index contributed by atoms with van der Waals surface area (Å²) in [7, 11) is 0. The van der Waals surface area contributed by atoms with Gasteiger partial charge in [0.1, 0.15) is 0 Å². The number of carboxylic acid groups (broad SMARTS) is 1. The third kappa shape index (κ3) is 57100. The quantitative estimate of drug-likeness (QED) is 0.495. The third-order valence-corrected chi connectivity index (χ3v) is 0. The van der Waals surface area contributed by atoms with Crippen LogP contribution >= 0.6 is 0 Å². The van der Waals surface area contributed by atoms with Crippen LogP contribution in [0.2, 0.25) is 0 Å². The number of aliphatic hydroxyl groups excluding tert-OH is 1. The van der Waals surface area contributed by atoms with E-state index in [1.54, 1.807) is 6.92 Å². The SMILES string of the molecule is CC(=O)O.CCO.[Mn]. The third-order valence-electron chi connectivity index (χ3n) is 0. The molecule has 0 amide bonds. The van der Waals surface area contributed by atoms with Crippen LogP contribution in [0.25, 0.3) is 0 Å². The smallest absolute Gasteiger partial charge is 0.300 e. The standard InChI is InChI=1S/C2H4O2.C2H6O.Mn/c1-2(3)4;1-2-3;/h1H3,(H,3,4);3H,2H2,1H3;. The molecule has 1 radical (unpaired) electrons. The Balaban J connectivity index is -0.0000000575. The summed E-state index contributed by atoms with van der Waals surface area (Å²) >= 11 is 0. The molecular formula is C4H10MnO3. The van der Waals surface area contributed by atoms with Gasteiger partial charge in [0.25, 0.3) is 5.97 Å². The molecule has 0 saturated heterocycles. The molecule has 0 aromatic heterocycles. The Bertz CT molecular complexity index is 42.5. The molecule has 3 nitrogen and oxygen atoms in total. The van der Waals surface area contributed by atoms with Gasteiger partial charge in [-0.2, -0.15) is 0 Å². The average molecular weight is 161 g/mol. The fraction of sp³-hybridized carbons (Fsp3) is 0.750. The van der Waals surface area contributed by atoms with Crippen molar-refractivity contribution in [3.8, 4) is 0 Å². The van der Waals surface area contributed by atoms with E-state index in [-0.39, 0.29) is 23.7 Å². The molecule has 0 fully saturated rings. The first-order valence-electron chi connectivity index (χ1n) is 1.95. The Hall–Kier alpha value is -0.0505. The van der Waals surface area contributed by atoms with Gasteiger partial charge in [0.2, 0.25) is 0 Å². The zero-order valence-corrected chi connectivity index (χ0v) is 6.07. The summed E-state index contributed by atoms with van der Waals surface area (Å²) in [6.07, 6.45) is 0. The second-order valence-electron chi connectivity index (χ2n) is 0.835. The van der Waals surface area contributed by atoms with E-state index in [0.29, 0.717) is 0 Å². The van der Waals surface area contributed by atoms with Crippen LogP contribution in [0.4, 0.5) is 0 Å². The zero-order chi connectivity index (χ0) is 6.28. The van der Waals surface area contributed by atoms with E-state index < -0.39 is 5.97 Å². The molecule has 0 saturated carbocycles. The minimum Gasteiger partial charge on any atom is -0.481 e. The van der Waals surface area contributed by atoms with Crippen molar-refractivity contribution in [2.45, 2.75) is 13.8 Å². The summed E-state index contributed by atoms with van der Waals surface area (Å²) in [5, 5.41) is 15.0. The maximum Gasteiger partial charge on any atom is 0.300 e. The Morgan fingerprint density at radius 2 is 1.62 bits per heavy atom. The average Bonchev–Trinajstić information content (AvgIpc) is 1.33. The van der Waals surface area contributed by atoms with E-state index >= 15 is 0 Å². The minimum absolute atomic E-state index is 0. The molecule has 0 atom stereocenters. The maximum absolute atomic E-state index is 9.00. The van der Waals surface area contributed by atoms with Crippen LogP contribution < -0.4 is 0 Å². The summed E-state index contributed by atoms with van der Waals surface area (Å²) < 4.78 is 0. The number of carboxylic acids is 1. The van der Waals surface area contributed by atoms with E-state index in [1.807, 2.05) is 0 Å². The fourth-order valence-corrected chi connectivity index (χ4v) is 0. The van der Waals surface area contributed by atoms with Gasteiger partial charge < -0.3 is 10.2 Å². The second kappa shape index (κ2) is 15.8. The second-order valence-corrected chi connectivity index (χ2v) is 0.835. The summed E-state index contributed by atoms with van der Waals surface area (Å²) in [5.41, 5.74) is 0. The van der Waals surface area contributed by atoms with Crippen LogP contribution in [-0.2, 0) is 21.9 Å². The van der Waals surface area contributed by atoms with Crippen LogP contribution in [0.15, 0.2) is 0 Å². The van der Waals surface area contributed by atoms with Gasteiger partial charge in [0, 0.05) is 30.6 Å². The molecule has 0 aliphatic rings. The largest absolute Gasteiger partial charge is 0.481 e. The van der Waals surface area contributed by atoms with Gasteiger partial charge in [-0.25, -0.2) is 0 Å². The van der Waals surface area contributed by atoms with Crippen molar-refractivity contribution < 1.29 is 32.1 Å². The molecule has 0 spiro atoms. The van der Waals surface area contributed by atoms with Crippen molar-refractivity contribution in [2.75, 3.05) is 6.61 Å². The molecule has 2 N–H and O–H groups in total. The number of rotatable bonds is 0. The minimum atomic E-state index is -0.833. The maximum atomic E-state index is 9.00. The van der Waals surface area contributed by atoms with Crippen LogP contribution in [0.3, 0.4) is 0 Å². The van der Waals surface area contributed by atoms with Crippen molar-refractivity contribution >= 4 is 5.97 Å². The van der Waals surface area contributed by atoms with Crippen LogP contribution in [0.5, 0.6) is 0 Å².